The molecule has 1 aliphatic heterocycles. The first-order valence-electron chi connectivity index (χ1n) is 7.76. The van der Waals surface area contributed by atoms with E-state index in [2.05, 4.69) is 0 Å². The van der Waals surface area contributed by atoms with Crippen molar-refractivity contribution in [3.05, 3.63) is 45.7 Å². The molecule has 1 atom stereocenters. The van der Waals surface area contributed by atoms with Crippen LogP contribution in [0.15, 0.2) is 29.2 Å². The fourth-order valence-electron chi connectivity index (χ4n) is 2.96. The van der Waals surface area contributed by atoms with Crippen molar-refractivity contribution in [2.24, 2.45) is 7.05 Å². The van der Waals surface area contributed by atoms with E-state index in [-0.39, 0.29) is 18.7 Å². The number of aryl methyl sites for hydroxylation is 2. The molecule has 1 saturated heterocycles. The van der Waals surface area contributed by atoms with Crippen molar-refractivity contribution in [3.8, 4) is 0 Å². The van der Waals surface area contributed by atoms with Crippen LogP contribution in [0.4, 0.5) is 13.2 Å². The standard InChI is InChI=1S/C17H17F3N2O3/c1-10-3-4-13-11(7-10)15(23)12(8-21(13)2)16(24)22-5-6-25-14(9-22)17(18,19)20/h3-4,7-8,14H,5-6,9H2,1-2H3/t14-/m0/s1. The molecule has 3 rings (SSSR count). The molecule has 1 amide bonds. The first-order chi connectivity index (χ1) is 11.7. The van der Waals surface area contributed by atoms with E-state index in [1.807, 2.05) is 13.0 Å². The molecule has 1 aromatic heterocycles. The highest BCUT2D eigenvalue weighted by Gasteiger charge is 2.44. The van der Waals surface area contributed by atoms with Gasteiger partial charge in [-0.15, -0.1) is 0 Å². The summed E-state index contributed by atoms with van der Waals surface area (Å²) >= 11 is 0. The predicted molar refractivity (Wildman–Crippen MR) is 85.6 cm³/mol. The fourth-order valence-corrected chi connectivity index (χ4v) is 2.96. The topological polar surface area (TPSA) is 51.5 Å². The molecule has 2 aromatic rings. The molecule has 0 N–H and O–H groups in total. The Morgan fingerprint density at radius 1 is 1.32 bits per heavy atom. The van der Waals surface area contributed by atoms with Gasteiger partial charge >= 0.3 is 6.18 Å². The van der Waals surface area contributed by atoms with Crippen LogP contribution < -0.4 is 5.43 Å². The van der Waals surface area contributed by atoms with Gasteiger partial charge in [0.2, 0.25) is 5.43 Å². The third-order valence-corrected chi connectivity index (χ3v) is 4.29. The number of morpholine rings is 1. The van der Waals surface area contributed by atoms with Gasteiger partial charge in [0, 0.05) is 25.2 Å². The molecule has 0 aliphatic carbocycles. The largest absolute Gasteiger partial charge is 0.416 e. The first-order valence-corrected chi connectivity index (χ1v) is 7.76. The predicted octanol–water partition coefficient (Wildman–Crippen LogP) is 2.25. The number of halogens is 3. The van der Waals surface area contributed by atoms with Crippen molar-refractivity contribution in [2.45, 2.75) is 19.2 Å². The lowest BCUT2D eigenvalue weighted by Crippen LogP contribution is -2.51. The van der Waals surface area contributed by atoms with Gasteiger partial charge in [-0.3, -0.25) is 9.59 Å². The number of rotatable bonds is 1. The fraction of sp³-hybridized carbons (Fsp3) is 0.412. The Bertz CT molecular complexity index is 889. The lowest BCUT2D eigenvalue weighted by molar-refractivity contribution is -0.233. The molecule has 5 nitrogen and oxygen atoms in total. The maximum atomic E-state index is 12.8. The van der Waals surface area contributed by atoms with Gasteiger partial charge in [-0.05, 0) is 19.1 Å². The average Bonchev–Trinajstić information content (AvgIpc) is 2.56. The van der Waals surface area contributed by atoms with Gasteiger partial charge in [0.25, 0.3) is 5.91 Å². The molecule has 8 heteroatoms. The molecule has 0 spiro atoms. The average molecular weight is 354 g/mol. The molecule has 2 heterocycles. The second-order valence-electron chi connectivity index (χ2n) is 6.16. The van der Waals surface area contributed by atoms with Crippen LogP contribution in [0.25, 0.3) is 10.9 Å². The summed E-state index contributed by atoms with van der Waals surface area (Å²) in [5.74, 6) is -0.707. The van der Waals surface area contributed by atoms with Crippen LogP contribution in [0.5, 0.6) is 0 Å². The quantitative estimate of drug-likeness (QED) is 0.789. The molecule has 0 saturated carbocycles. The van der Waals surface area contributed by atoms with E-state index in [0.717, 1.165) is 10.5 Å². The highest BCUT2D eigenvalue weighted by molar-refractivity contribution is 5.97. The van der Waals surface area contributed by atoms with Crippen molar-refractivity contribution < 1.29 is 22.7 Å². The SMILES string of the molecule is Cc1ccc2c(c1)c(=O)c(C(=O)N1CCO[C@H](C(F)(F)F)C1)cn2C. The van der Waals surface area contributed by atoms with Gasteiger partial charge in [-0.25, -0.2) is 0 Å². The van der Waals surface area contributed by atoms with E-state index in [9.17, 15) is 22.8 Å². The number of hydrogen-bond donors (Lipinski definition) is 0. The summed E-state index contributed by atoms with van der Waals surface area (Å²) in [4.78, 5) is 26.4. The van der Waals surface area contributed by atoms with Gasteiger partial charge in [0.15, 0.2) is 6.10 Å². The number of hydrogen-bond acceptors (Lipinski definition) is 3. The highest BCUT2D eigenvalue weighted by atomic mass is 19.4. The van der Waals surface area contributed by atoms with Crippen LogP contribution in [0.1, 0.15) is 15.9 Å². The summed E-state index contributed by atoms with van der Waals surface area (Å²) in [5, 5.41) is 0.369. The summed E-state index contributed by atoms with van der Waals surface area (Å²) in [6, 6.07) is 5.29. The lowest BCUT2D eigenvalue weighted by Gasteiger charge is -2.33. The molecule has 0 radical (unpaired) electrons. The lowest BCUT2D eigenvalue weighted by atomic mass is 10.1. The number of fused-ring (bicyclic) bond motifs is 1. The Morgan fingerprint density at radius 2 is 2.04 bits per heavy atom. The van der Waals surface area contributed by atoms with E-state index in [0.29, 0.717) is 10.9 Å². The van der Waals surface area contributed by atoms with Crippen LogP contribution in [0, 0.1) is 6.92 Å². The first kappa shape index (κ1) is 17.5. The Kier molecular flexibility index (Phi) is 4.32. The second-order valence-corrected chi connectivity index (χ2v) is 6.16. The molecular formula is C17H17F3N2O3. The van der Waals surface area contributed by atoms with Crippen molar-refractivity contribution in [1.82, 2.24) is 9.47 Å². The maximum Gasteiger partial charge on any atom is 0.416 e. The second kappa shape index (κ2) is 6.18. The number of amides is 1. The molecular weight excluding hydrogens is 337 g/mol. The summed E-state index contributed by atoms with van der Waals surface area (Å²) in [7, 11) is 1.69. The number of nitrogens with zero attached hydrogens (tertiary/aromatic N) is 2. The van der Waals surface area contributed by atoms with E-state index >= 15 is 0 Å². The molecule has 1 aliphatic rings. The van der Waals surface area contributed by atoms with Crippen molar-refractivity contribution >= 4 is 16.8 Å². The molecule has 0 bridgehead atoms. The van der Waals surface area contributed by atoms with E-state index in [4.69, 9.17) is 4.74 Å². The van der Waals surface area contributed by atoms with Crippen LogP contribution >= 0.6 is 0 Å². The summed E-state index contributed by atoms with van der Waals surface area (Å²) in [6.45, 7) is 1.00. The number of pyridine rings is 1. The normalized spacial score (nSPS) is 18.6. The Balaban J connectivity index is 2.00. The maximum absolute atomic E-state index is 12.8. The van der Waals surface area contributed by atoms with Crippen molar-refractivity contribution in [2.75, 3.05) is 19.7 Å². The van der Waals surface area contributed by atoms with Gasteiger partial charge in [-0.2, -0.15) is 13.2 Å². The smallest absolute Gasteiger partial charge is 0.365 e. The van der Waals surface area contributed by atoms with E-state index in [1.54, 1.807) is 23.7 Å². The molecule has 134 valence electrons. The third-order valence-electron chi connectivity index (χ3n) is 4.29. The van der Waals surface area contributed by atoms with Gasteiger partial charge < -0.3 is 14.2 Å². The van der Waals surface area contributed by atoms with Crippen LogP contribution in [-0.4, -0.2) is 47.4 Å². The van der Waals surface area contributed by atoms with Gasteiger partial charge in [-0.1, -0.05) is 11.6 Å². The monoisotopic (exact) mass is 354 g/mol. The van der Waals surface area contributed by atoms with Gasteiger partial charge in [0.1, 0.15) is 5.56 Å². The minimum absolute atomic E-state index is 0.0143. The van der Waals surface area contributed by atoms with Crippen LogP contribution in [0.2, 0.25) is 0 Å². The Hall–Kier alpha value is -2.35. The Labute approximate surface area is 141 Å². The molecule has 1 fully saturated rings. The number of alkyl halides is 3. The van der Waals surface area contributed by atoms with Crippen molar-refractivity contribution in [3.63, 3.8) is 0 Å². The number of benzene rings is 1. The number of ether oxygens (including phenoxy) is 1. The minimum atomic E-state index is -4.55. The van der Waals surface area contributed by atoms with Gasteiger partial charge in [0.05, 0.1) is 18.7 Å². The zero-order valence-electron chi connectivity index (χ0n) is 13.8. The number of carbonyl (C=O) groups is 1. The van der Waals surface area contributed by atoms with Crippen LogP contribution in [0.3, 0.4) is 0 Å². The number of carbonyl (C=O) groups excluding carboxylic acids is 1. The molecule has 1 aromatic carbocycles. The number of aromatic nitrogens is 1. The zero-order valence-corrected chi connectivity index (χ0v) is 13.8. The zero-order chi connectivity index (χ0) is 18.4. The summed E-state index contributed by atoms with van der Waals surface area (Å²) in [6.07, 6.45) is -5.21. The van der Waals surface area contributed by atoms with E-state index in [1.165, 1.54) is 6.20 Å². The van der Waals surface area contributed by atoms with Crippen LogP contribution in [-0.2, 0) is 11.8 Å². The molecule has 25 heavy (non-hydrogen) atoms. The summed E-state index contributed by atoms with van der Waals surface area (Å²) < 4.78 is 44.9. The summed E-state index contributed by atoms with van der Waals surface area (Å²) in [5.41, 5.74) is 0.903. The highest BCUT2D eigenvalue weighted by Crippen LogP contribution is 2.26. The Morgan fingerprint density at radius 3 is 2.72 bits per heavy atom. The van der Waals surface area contributed by atoms with E-state index < -0.39 is 30.2 Å². The molecule has 0 unspecified atom stereocenters. The van der Waals surface area contributed by atoms with Crippen molar-refractivity contribution in [1.29, 1.82) is 0 Å². The minimum Gasteiger partial charge on any atom is -0.365 e. The third kappa shape index (κ3) is 3.26.